The molecule has 0 spiro atoms. The molecule has 0 saturated carbocycles. The van der Waals surface area contributed by atoms with Gasteiger partial charge in [-0.1, -0.05) is 46.7 Å². The summed E-state index contributed by atoms with van der Waals surface area (Å²) in [5.74, 6) is -0.0644. The van der Waals surface area contributed by atoms with Crippen molar-refractivity contribution in [3.05, 3.63) is 77.2 Å². The minimum atomic E-state index is -3.70. The Morgan fingerprint density at radius 3 is 2.71 bits per heavy atom. The van der Waals surface area contributed by atoms with E-state index >= 15 is 0 Å². The molecule has 1 aliphatic heterocycles. The van der Waals surface area contributed by atoms with Gasteiger partial charge in [0.25, 0.3) is 0 Å². The highest BCUT2D eigenvalue weighted by Gasteiger charge is 2.36. The zero-order chi connectivity index (χ0) is 24.6. The second-order valence-electron chi connectivity index (χ2n) is 8.60. The lowest BCUT2D eigenvalue weighted by Crippen LogP contribution is -2.46. The van der Waals surface area contributed by atoms with Crippen LogP contribution in [0.2, 0.25) is 5.02 Å². The molecule has 1 fully saturated rings. The number of amides is 1. The maximum absolute atomic E-state index is 13.8. The summed E-state index contributed by atoms with van der Waals surface area (Å²) < 4.78 is 34.4. The minimum absolute atomic E-state index is 0.120. The minimum Gasteiger partial charge on any atom is -0.467 e. The Kier molecular flexibility index (Phi) is 6.67. The number of rotatable bonds is 6. The van der Waals surface area contributed by atoms with Crippen LogP contribution >= 0.6 is 22.9 Å². The molecule has 1 amide bonds. The van der Waals surface area contributed by atoms with Crippen LogP contribution in [0.5, 0.6) is 0 Å². The van der Waals surface area contributed by atoms with Crippen LogP contribution in [0.15, 0.2) is 70.2 Å². The van der Waals surface area contributed by atoms with Gasteiger partial charge in [0.05, 0.1) is 33.3 Å². The van der Waals surface area contributed by atoms with Crippen molar-refractivity contribution in [3.8, 4) is 0 Å². The maximum Gasteiger partial charge on any atom is 0.243 e. The lowest BCUT2D eigenvalue weighted by molar-refractivity contribution is -0.123. The van der Waals surface area contributed by atoms with E-state index in [1.807, 2.05) is 19.1 Å². The summed E-state index contributed by atoms with van der Waals surface area (Å²) in [5.41, 5.74) is 1.62. The molecule has 3 heterocycles. The van der Waals surface area contributed by atoms with E-state index in [1.54, 1.807) is 53.6 Å². The number of fused-ring (bicyclic) bond motifs is 1. The summed E-state index contributed by atoms with van der Waals surface area (Å²) in [6, 6.07) is 15.9. The molecule has 4 aromatic rings. The van der Waals surface area contributed by atoms with Gasteiger partial charge >= 0.3 is 0 Å². The number of hydrogen-bond donors (Lipinski definition) is 0. The largest absolute Gasteiger partial charge is 0.467 e. The number of hydrogen-bond acceptors (Lipinski definition) is 6. The highest BCUT2D eigenvalue weighted by molar-refractivity contribution is 7.89. The third-order valence-electron chi connectivity index (χ3n) is 6.14. The molecular formula is C25H24ClN3O4S2. The summed E-state index contributed by atoms with van der Waals surface area (Å²) in [5, 5.41) is 1.02. The van der Waals surface area contributed by atoms with Gasteiger partial charge in [0.1, 0.15) is 11.3 Å². The Morgan fingerprint density at radius 1 is 1.20 bits per heavy atom. The van der Waals surface area contributed by atoms with Gasteiger partial charge in [-0.05, 0) is 56.2 Å². The van der Waals surface area contributed by atoms with Gasteiger partial charge in [0.15, 0.2) is 5.13 Å². The fourth-order valence-electron chi connectivity index (χ4n) is 4.26. The van der Waals surface area contributed by atoms with E-state index in [2.05, 4.69) is 4.98 Å². The fourth-order valence-corrected chi connectivity index (χ4v) is 7.05. The van der Waals surface area contributed by atoms with Crippen LogP contribution in [0, 0.1) is 12.8 Å². The third-order valence-corrected chi connectivity index (χ3v) is 9.37. The first-order chi connectivity index (χ1) is 16.8. The van der Waals surface area contributed by atoms with Crippen molar-refractivity contribution in [3.63, 3.8) is 0 Å². The molecule has 0 aliphatic carbocycles. The fraction of sp³-hybridized carbons (Fsp3) is 0.280. The van der Waals surface area contributed by atoms with E-state index in [9.17, 15) is 13.2 Å². The van der Waals surface area contributed by atoms with Crippen LogP contribution in [0.1, 0.15) is 24.2 Å². The van der Waals surface area contributed by atoms with Crippen LogP contribution in [0.3, 0.4) is 0 Å². The number of benzene rings is 2. The first-order valence-corrected chi connectivity index (χ1v) is 13.9. The molecular weight excluding hydrogens is 506 g/mol. The Balaban J connectivity index is 1.44. The number of halogens is 1. The first-order valence-electron chi connectivity index (χ1n) is 11.3. The molecule has 0 N–H and O–H groups in total. The molecule has 1 atom stereocenters. The van der Waals surface area contributed by atoms with E-state index < -0.39 is 15.9 Å². The topological polar surface area (TPSA) is 83.7 Å². The number of piperidine rings is 1. The van der Waals surface area contributed by atoms with Gasteiger partial charge in [0, 0.05) is 13.1 Å². The second kappa shape index (κ2) is 9.73. The normalized spacial score (nSPS) is 17.0. The molecule has 182 valence electrons. The van der Waals surface area contributed by atoms with Crippen molar-refractivity contribution in [2.24, 2.45) is 5.92 Å². The van der Waals surface area contributed by atoms with E-state index in [0.29, 0.717) is 40.8 Å². The third kappa shape index (κ3) is 4.86. The predicted molar refractivity (Wildman–Crippen MR) is 137 cm³/mol. The van der Waals surface area contributed by atoms with E-state index in [-0.39, 0.29) is 23.9 Å². The summed E-state index contributed by atoms with van der Waals surface area (Å²) in [6.45, 7) is 2.61. The van der Waals surface area contributed by atoms with Gasteiger partial charge in [-0.2, -0.15) is 4.31 Å². The van der Waals surface area contributed by atoms with Crippen molar-refractivity contribution >= 4 is 54.2 Å². The van der Waals surface area contributed by atoms with Crippen molar-refractivity contribution in [2.45, 2.75) is 31.2 Å². The molecule has 10 heteroatoms. The number of carbonyl (C=O) groups excluding carboxylic acids is 1. The van der Waals surface area contributed by atoms with Gasteiger partial charge in [-0.25, -0.2) is 13.4 Å². The molecule has 7 nitrogen and oxygen atoms in total. The summed E-state index contributed by atoms with van der Waals surface area (Å²) in [7, 11) is -3.70. The quantitative estimate of drug-likeness (QED) is 0.330. The number of para-hydroxylation sites is 1. The lowest BCUT2D eigenvalue weighted by atomic mass is 9.98. The zero-order valence-corrected chi connectivity index (χ0v) is 21.4. The van der Waals surface area contributed by atoms with Gasteiger partial charge in [0.2, 0.25) is 15.9 Å². The number of aryl methyl sites for hydroxylation is 1. The highest BCUT2D eigenvalue weighted by atomic mass is 35.5. The van der Waals surface area contributed by atoms with E-state index in [4.69, 9.17) is 16.0 Å². The summed E-state index contributed by atoms with van der Waals surface area (Å²) in [4.78, 5) is 20.3. The second-order valence-corrected chi connectivity index (χ2v) is 12.0. The van der Waals surface area contributed by atoms with E-state index in [0.717, 1.165) is 10.3 Å². The van der Waals surface area contributed by atoms with Crippen molar-refractivity contribution < 1.29 is 17.6 Å². The predicted octanol–water partition coefficient (Wildman–Crippen LogP) is 5.49. The molecule has 1 saturated heterocycles. The first kappa shape index (κ1) is 24.0. The average molecular weight is 530 g/mol. The number of nitrogens with zero attached hydrogens (tertiary/aromatic N) is 3. The van der Waals surface area contributed by atoms with Gasteiger partial charge < -0.3 is 4.42 Å². The standard InChI is InChI=1S/C25H24ClN3O4S2/c1-17-9-11-20(12-10-17)35(31,32)28-13-3-5-18(15-28)24(30)29(16-19-6-4-14-33-19)25-27-23-21(26)7-2-8-22(23)34-25/h2,4,6-12,14,18H,3,5,13,15-16H2,1H3. The Bertz CT molecular complexity index is 1450. The molecule has 1 unspecified atom stereocenters. The number of carbonyl (C=O) groups is 1. The van der Waals surface area contributed by atoms with Crippen LogP contribution < -0.4 is 4.90 Å². The van der Waals surface area contributed by atoms with Crippen molar-refractivity contribution in [1.29, 1.82) is 0 Å². The number of aromatic nitrogens is 1. The molecule has 2 aromatic heterocycles. The number of furan rings is 1. The summed E-state index contributed by atoms with van der Waals surface area (Å²) in [6.07, 6.45) is 2.75. The SMILES string of the molecule is Cc1ccc(S(=O)(=O)N2CCCC(C(=O)N(Cc3ccco3)c3nc4c(Cl)cccc4s3)C2)cc1. The zero-order valence-electron chi connectivity index (χ0n) is 19.1. The Morgan fingerprint density at radius 2 is 2.00 bits per heavy atom. The molecule has 0 bridgehead atoms. The Hall–Kier alpha value is -2.72. The van der Waals surface area contributed by atoms with Crippen molar-refractivity contribution in [2.75, 3.05) is 18.0 Å². The van der Waals surface area contributed by atoms with Crippen LogP contribution in [-0.4, -0.2) is 36.7 Å². The Labute approximate surface area is 213 Å². The lowest BCUT2D eigenvalue weighted by Gasteiger charge is -2.33. The number of anilines is 1. The smallest absolute Gasteiger partial charge is 0.243 e. The molecule has 35 heavy (non-hydrogen) atoms. The molecule has 2 aromatic carbocycles. The molecule has 1 aliphatic rings. The monoisotopic (exact) mass is 529 g/mol. The average Bonchev–Trinajstić information content (AvgIpc) is 3.53. The number of sulfonamides is 1. The van der Waals surface area contributed by atoms with Gasteiger partial charge in [-0.3, -0.25) is 9.69 Å². The van der Waals surface area contributed by atoms with Crippen LogP contribution in [0.4, 0.5) is 5.13 Å². The molecule has 5 rings (SSSR count). The van der Waals surface area contributed by atoms with Crippen LogP contribution in [-0.2, 0) is 21.4 Å². The van der Waals surface area contributed by atoms with Crippen molar-refractivity contribution in [1.82, 2.24) is 9.29 Å². The molecule has 0 radical (unpaired) electrons. The van der Waals surface area contributed by atoms with Gasteiger partial charge in [-0.15, -0.1) is 0 Å². The number of thiazole rings is 1. The maximum atomic E-state index is 13.8. The van der Waals surface area contributed by atoms with Crippen LogP contribution in [0.25, 0.3) is 10.2 Å². The summed E-state index contributed by atoms with van der Waals surface area (Å²) >= 11 is 7.71. The van der Waals surface area contributed by atoms with E-state index in [1.165, 1.54) is 15.6 Å². The highest BCUT2D eigenvalue weighted by Crippen LogP contribution is 2.35.